The van der Waals surface area contributed by atoms with E-state index in [1.54, 1.807) is 0 Å². The summed E-state index contributed by atoms with van der Waals surface area (Å²) in [5.41, 5.74) is -0.405. The molecule has 6 heteroatoms. The highest BCUT2D eigenvalue weighted by Gasteiger charge is 2.30. The Hall–Kier alpha value is 0.350. The van der Waals surface area contributed by atoms with Gasteiger partial charge in [-0.3, -0.25) is 0 Å². The molecule has 1 aliphatic rings. The molecule has 96 valence electrons. The number of hydrogen-bond donors (Lipinski definition) is 1. The van der Waals surface area contributed by atoms with Crippen molar-refractivity contribution >= 4 is 26.0 Å². The molecule has 0 spiro atoms. The third-order valence-corrected chi connectivity index (χ3v) is 5.76. The molecule has 0 saturated carbocycles. The first-order chi connectivity index (χ1) is 7.41. The number of alkyl halides is 1. The van der Waals surface area contributed by atoms with Crippen LogP contribution < -0.4 is 4.72 Å². The first kappa shape index (κ1) is 14.4. The molecule has 0 aromatic carbocycles. The molecule has 2 unspecified atom stereocenters. The van der Waals surface area contributed by atoms with Crippen LogP contribution in [0.2, 0.25) is 0 Å². The number of halogens is 1. The van der Waals surface area contributed by atoms with E-state index in [0.29, 0.717) is 11.9 Å². The van der Waals surface area contributed by atoms with Gasteiger partial charge in [-0.25, -0.2) is 13.1 Å². The molecular weight excluding hydrogens is 294 g/mol. The zero-order valence-electron chi connectivity index (χ0n) is 9.83. The standard InChI is InChI=1S/C10H20BrNO3S/c1-3-10(2,8-11)12-16(13,14)7-9-5-4-6-15-9/h9,12H,3-8H2,1-2H3. The molecule has 2 atom stereocenters. The maximum Gasteiger partial charge on any atom is 0.214 e. The Balaban J connectivity index is 2.56. The van der Waals surface area contributed by atoms with Crippen molar-refractivity contribution < 1.29 is 13.2 Å². The summed E-state index contributed by atoms with van der Waals surface area (Å²) in [5.74, 6) is 0.0790. The van der Waals surface area contributed by atoms with Crippen LogP contribution in [-0.4, -0.2) is 37.8 Å². The van der Waals surface area contributed by atoms with Crippen LogP contribution in [0.1, 0.15) is 33.1 Å². The average molecular weight is 314 g/mol. The topological polar surface area (TPSA) is 55.4 Å². The fourth-order valence-corrected chi connectivity index (χ4v) is 4.16. The second-order valence-corrected chi connectivity index (χ2v) is 6.89. The third kappa shape index (κ3) is 4.31. The minimum absolute atomic E-state index is 0.0790. The largest absolute Gasteiger partial charge is 0.377 e. The molecule has 1 heterocycles. The number of ether oxygens (including phenoxy) is 1. The van der Waals surface area contributed by atoms with Crippen LogP contribution >= 0.6 is 15.9 Å². The molecule has 1 aliphatic heterocycles. The van der Waals surface area contributed by atoms with Crippen LogP contribution in [0, 0.1) is 0 Å². The quantitative estimate of drug-likeness (QED) is 0.759. The van der Waals surface area contributed by atoms with Crippen LogP contribution in [0.3, 0.4) is 0 Å². The van der Waals surface area contributed by atoms with Crippen molar-refractivity contribution in [3.8, 4) is 0 Å². The van der Waals surface area contributed by atoms with E-state index < -0.39 is 15.6 Å². The molecule has 0 amide bonds. The van der Waals surface area contributed by atoms with Gasteiger partial charge in [-0.15, -0.1) is 0 Å². The maximum atomic E-state index is 11.9. The SMILES string of the molecule is CCC(C)(CBr)NS(=O)(=O)CC1CCCO1. The average Bonchev–Trinajstić information content (AvgIpc) is 2.68. The van der Waals surface area contributed by atoms with Crippen molar-refractivity contribution in [2.24, 2.45) is 0 Å². The molecule has 1 rings (SSSR count). The lowest BCUT2D eigenvalue weighted by molar-refractivity contribution is 0.127. The van der Waals surface area contributed by atoms with E-state index in [1.807, 2.05) is 13.8 Å². The zero-order chi connectivity index (χ0) is 12.2. The number of nitrogens with one attached hydrogen (secondary N) is 1. The Morgan fingerprint density at radius 2 is 2.25 bits per heavy atom. The normalized spacial score (nSPS) is 25.6. The van der Waals surface area contributed by atoms with Gasteiger partial charge in [0.15, 0.2) is 0 Å². The van der Waals surface area contributed by atoms with Crippen LogP contribution in [0.4, 0.5) is 0 Å². The van der Waals surface area contributed by atoms with E-state index in [-0.39, 0.29) is 11.9 Å². The van der Waals surface area contributed by atoms with E-state index in [9.17, 15) is 8.42 Å². The van der Waals surface area contributed by atoms with Gasteiger partial charge < -0.3 is 4.74 Å². The predicted molar refractivity (Wildman–Crippen MR) is 68.4 cm³/mol. The lowest BCUT2D eigenvalue weighted by Crippen LogP contribution is -2.48. The van der Waals surface area contributed by atoms with Gasteiger partial charge in [-0.1, -0.05) is 22.9 Å². The van der Waals surface area contributed by atoms with Gasteiger partial charge in [-0.2, -0.15) is 0 Å². The summed E-state index contributed by atoms with van der Waals surface area (Å²) in [6.45, 7) is 4.55. The third-order valence-electron chi connectivity index (χ3n) is 2.91. The van der Waals surface area contributed by atoms with Crippen LogP contribution in [0.25, 0.3) is 0 Å². The highest BCUT2D eigenvalue weighted by atomic mass is 79.9. The second kappa shape index (κ2) is 5.80. The van der Waals surface area contributed by atoms with Gasteiger partial charge in [0.1, 0.15) is 0 Å². The highest BCUT2D eigenvalue weighted by Crippen LogP contribution is 2.17. The zero-order valence-corrected chi connectivity index (χ0v) is 12.2. The van der Waals surface area contributed by atoms with Crippen molar-refractivity contribution in [3.63, 3.8) is 0 Å². The molecule has 0 bridgehead atoms. The Kier molecular flexibility index (Phi) is 5.22. The van der Waals surface area contributed by atoms with Crippen molar-refractivity contribution in [2.75, 3.05) is 17.7 Å². The molecule has 16 heavy (non-hydrogen) atoms. The minimum Gasteiger partial charge on any atom is -0.377 e. The molecule has 0 aliphatic carbocycles. The molecule has 1 saturated heterocycles. The van der Waals surface area contributed by atoms with Crippen LogP contribution in [-0.2, 0) is 14.8 Å². The fraction of sp³-hybridized carbons (Fsp3) is 1.00. The van der Waals surface area contributed by atoms with Gasteiger partial charge in [0, 0.05) is 17.5 Å². The smallest absolute Gasteiger partial charge is 0.214 e. The Labute approximate surface area is 106 Å². The Bertz CT molecular complexity index is 308. The monoisotopic (exact) mass is 313 g/mol. The first-order valence-corrected chi connectivity index (χ1v) is 8.37. The molecule has 1 N–H and O–H groups in total. The molecular formula is C10H20BrNO3S. The van der Waals surface area contributed by atoms with Crippen molar-refractivity contribution in [3.05, 3.63) is 0 Å². The molecule has 0 aromatic heterocycles. The summed E-state index contributed by atoms with van der Waals surface area (Å²) in [6.07, 6.45) is 2.43. The number of hydrogen-bond acceptors (Lipinski definition) is 3. The molecule has 0 aromatic rings. The Morgan fingerprint density at radius 1 is 1.56 bits per heavy atom. The van der Waals surface area contributed by atoms with Crippen LogP contribution in [0.5, 0.6) is 0 Å². The minimum atomic E-state index is -3.25. The maximum absolute atomic E-state index is 11.9. The van der Waals surface area contributed by atoms with E-state index in [4.69, 9.17) is 4.74 Å². The molecule has 1 fully saturated rings. The summed E-state index contributed by atoms with van der Waals surface area (Å²) < 4.78 is 31.9. The summed E-state index contributed by atoms with van der Waals surface area (Å²) >= 11 is 3.34. The second-order valence-electron chi connectivity index (χ2n) is 4.57. The predicted octanol–water partition coefficient (Wildman–Crippen LogP) is 1.65. The molecule has 4 nitrogen and oxygen atoms in total. The van der Waals surface area contributed by atoms with Gasteiger partial charge >= 0.3 is 0 Å². The lowest BCUT2D eigenvalue weighted by atomic mass is 10.0. The van der Waals surface area contributed by atoms with Crippen LogP contribution in [0.15, 0.2) is 0 Å². The highest BCUT2D eigenvalue weighted by molar-refractivity contribution is 9.09. The fourth-order valence-electron chi connectivity index (χ4n) is 1.63. The van der Waals surface area contributed by atoms with Gasteiger partial charge in [-0.05, 0) is 26.2 Å². The lowest BCUT2D eigenvalue weighted by Gasteiger charge is -2.27. The van der Waals surface area contributed by atoms with Crippen molar-refractivity contribution in [1.29, 1.82) is 0 Å². The summed E-state index contributed by atoms with van der Waals surface area (Å²) in [4.78, 5) is 0. The first-order valence-electron chi connectivity index (χ1n) is 5.60. The van der Waals surface area contributed by atoms with Crippen molar-refractivity contribution in [2.45, 2.75) is 44.8 Å². The van der Waals surface area contributed by atoms with E-state index in [2.05, 4.69) is 20.7 Å². The van der Waals surface area contributed by atoms with E-state index in [0.717, 1.165) is 19.3 Å². The van der Waals surface area contributed by atoms with E-state index >= 15 is 0 Å². The van der Waals surface area contributed by atoms with Gasteiger partial charge in [0.05, 0.1) is 11.9 Å². The molecule has 0 radical (unpaired) electrons. The summed E-state index contributed by atoms with van der Waals surface area (Å²) in [5, 5.41) is 0.612. The van der Waals surface area contributed by atoms with Gasteiger partial charge in [0.2, 0.25) is 10.0 Å². The van der Waals surface area contributed by atoms with Crippen molar-refractivity contribution in [1.82, 2.24) is 4.72 Å². The summed E-state index contributed by atoms with van der Waals surface area (Å²) in [7, 11) is -3.25. The number of rotatable bonds is 6. The summed E-state index contributed by atoms with van der Waals surface area (Å²) in [6, 6.07) is 0. The van der Waals surface area contributed by atoms with Gasteiger partial charge in [0.25, 0.3) is 0 Å². The Morgan fingerprint density at radius 3 is 2.69 bits per heavy atom. The number of sulfonamides is 1. The van der Waals surface area contributed by atoms with E-state index in [1.165, 1.54) is 0 Å².